The first kappa shape index (κ1) is 55.8. The van der Waals surface area contributed by atoms with Crippen LogP contribution in [0.2, 0.25) is 0 Å². The van der Waals surface area contributed by atoms with Crippen LogP contribution in [0.25, 0.3) is 0 Å². The van der Waals surface area contributed by atoms with E-state index in [1.165, 1.54) is 71.5 Å². The van der Waals surface area contributed by atoms with E-state index in [4.69, 9.17) is 37.9 Å². The van der Waals surface area contributed by atoms with Crippen LogP contribution < -0.4 is 10.6 Å². The fourth-order valence-electron chi connectivity index (χ4n) is 6.62. The number of likely N-dealkylation sites (N-methyl/N-ethyl adjacent to an activating group) is 1. The minimum Gasteiger partial charge on any atom is -0.465 e. The molecule has 0 bridgehead atoms. The van der Waals surface area contributed by atoms with Crippen LogP contribution in [-0.4, -0.2) is 169 Å². The van der Waals surface area contributed by atoms with Crippen molar-refractivity contribution in [1.29, 1.82) is 0 Å². The van der Waals surface area contributed by atoms with E-state index in [9.17, 15) is 19.2 Å². The third-order valence-corrected chi connectivity index (χ3v) is 11.1. The molecule has 0 saturated carbocycles. The number of alkyl carbamates (subject to hydrolysis) is 1. The molecule has 2 heterocycles. The molecular weight excluding hydrogens is 797 g/mol. The van der Waals surface area contributed by atoms with Crippen LogP contribution in [0.5, 0.6) is 0 Å². The van der Waals surface area contributed by atoms with E-state index < -0.39 is 17.7 Å². The second kappa shape index (κ2) is 34.3. The van der Waals surface area contributed by atoms with Crippen molar-refractivity contribution in [2.75, 3.05) is 124 Å². The molecule has 2 saturated heterocycles. The number of ether oxygens (including phenoxy) is 8. The first-order chi connectivity index (χ1) is 28.7. The summed E-state index contributed by atoms with van der Waals surface area (Å²) in [6.45, 7) is 22.9. The van der Waals surface area contributed by atoms with Crippen molar-refractivity contribution in [3.8, 4) is 0 Å². The molecule has 1 amide bonds. The van der Waals surface area contributed by atoms with Crippen molar-refractivity contribution in [3.05, 3.63) is 0 Å². The molecule has 60 heavy (non-hydrogen) atoms. The first-order valence-electron chi connectivity index (χ1n) is 22.3. The summed E-state index contributed by atoms with van der Waals surface area (Å²) in [5.74, 6) is 0.887. The van der Waals surface area contributed by atoms with Crippen LogP contribution in [0.1, 0.15) is 106 Å². The number of hydrogen-bond acceptors (Lipinski definition) is 16. The highest BCUT2D eigenvalue weighted by molar-refractivity contribution is 7.99. The highest BCUT2D eigenvalue weighted by Gasteiger charge is 2.23. The average molecular weight is 879 g/mol. The van der Waals surface area contributed by atoms with E-state index in [0.717, 1.165) is 38.0 Å². The number of nitrogens with zero attached hydrogens (tertiary/aromatic N) is 2. The number of piperidine rings is 2. The van der Waals surface area contributed by atoms with Gasteiger partial charge in [0.05, 0.1) is 32.8 Å². The Hall–Kier alpha value is -2.25. The zero-order valence-corrected chi connectivity index (χ0v) is 39.3. The molecule has 0 radical (unpaired) electrons. The van der Waals surface area contributed by atoms with Crippen molar-refractivity contribution in [2.24, 2.45) is 11.8 Å². The van der Waals surface area contributed by atoms with E-state index in [-0.39, 0.29) is 44.3 Å². The SMILES string of the molecule is CCC(=O)OCCOC(C)(C)OCCOC(=O)CCN1CCC(CCCC2CCN(CC)CC2)CC1.CNCCOC(C)(C)OCCNC(=O)OCCSCCOC(C)=O. The topological polar surface area (TPSA) is 173 Å². The van der Waals surface area contributed by atoms with Crippen molar-refractivity contribution >= 4 is 35.8 Å². The number of nitrogens with one attached hydrogen (secondary N) is 2. The van der Waals surface area contributed by atoms with Gasteiger partial charge in [0.2, 0.25) is 0 Å². The second-order valence-electron chi connectivity index (χ2n) is 16.0. The van der Waals surface area contributed by atoms with Gasteiger partial charge in [-0.15, -0.1) is 0 Å². The van der Waals surface area contributed by atoms with Crippen molar-refractivity contribution in [2.45, 2.75) is 118 Å². The summed E-state index contributed by atoms with van der Waals surface area (Å²) >= 11 is 1.55. The molecule has 2 fully saturated rings. The average Bonchev–Trinajstić information content (AvgIpc) is 3.22. The minimum absolute atomic E-state index is 0.181. The maximum Gasteiger partial charge on any atom is 0.407 e. The molecule has 2 aliphatic heterocycles. The molecular formula is C43H82N4O12S. The quantitative estimate of drug-likeness (QED) is 0.0400. The van der Waals surface area contributed by atoms with Gasteiger partial charge >= 0.3 is 24.0 Å². The Morgan fingerprint density at radius 1 is 0.633 bits per heavy atom. The molecule has 2 N–H and O–H groups in total. The Morgan fingerprint density at radius 2 is 1.13 bits per heavy atom. The van der Waals surface area contributed by atoms with E-state index in [1.807, 2.05) is 20.9 Å². The van der Waals surface area contributed by atoms with Crippen molar-refractivity contribution in [1.82, 2.24) is 20.4 Å². The van der Waals surface area contributed by atoms with Crippen LogP contribution in [0.15, 0.2) is 0 Å². The van der Waals surface area contributed by atoms with Gasteiger partial charge in [0.15, 0.2) is 11.6 Å². The molecule has 352 valence electrons. The lowest BCUT2D eigenvalue weighted by atomic mass is 9.87. The largest absolute Gasteiger partial charge is 0.465 e. The third-order valence-electron chi connectivity index (χ3n) is 10.2. The molecule has 0 spiro atoms. The molecule has 0 aromatic carbocycles. The zero-order chi connectivity index (χ0) is 44.5. The van der Waals surface area contributed by atoms with E-state index in [1.54, 1.807) is 32.5 Å². The Bertz CT molecular complexity index is 1140. The van der Waals surface area contributed by atoms with Crippen LogP contribution >= 0.6 is 11.8 Å². The number of rotatable bonds is 31. The lowest BCUT2D eigenvalue weighted by molar-refractivity contribution is -0.223. The molecule has 17 heteroatoms. The zero-order valence-electron chi connectivity index (χ0n) is 38.4. The van der Waals surface area contributed by atoms with Gasteiger partial charge in [0.1, 0.15) is 26.4 Å². The molecule has 2 rings (SSSR count). The summed E-state index contributed by atoms with van der Waals surface area (Å²) in [7, 11) is 1.85. The van der Waals surface area contributed by atoms with Gasteiger partial charge in [0.25, 0.3) is 0 Å². The minimum atomic E-state index is -0.831. The highest BCUT2D eigenvalue weighted by Crippen LogP contribution is 2.27. The summed E-state index contributed by atoms with van der Waals surface area (Å²) in [5.41, 5.74) is 0. The lowest BCUT2D eigenvalue weighted by Gasteiger charge is -2.33. The first-order valence-corrected chi connectivity index (χ1v) is 23.4. The standard InChI is InChI=1S/C28H52N2O6.C15H30N2O6S/c1-5-26(31)33-20-22-35-28(3,4)36-23-21-34-27(32)14-19-30-17-12-25(13-18-30)9-7-8-24-10-15-29(6-2)16-11-24;1-13(18)20-9-11-24-12-10-21-14(19)17-6-8-23-15(2,3)22-7-5-16-4/h24-25H,5-23H2,1-4H3;16H,5-12H2,1-4H3,(H,17,19). The van der Waals surface area contributed by atoms with Crippen LogP contribution in [-0.2, 0) is 52.3 Å². The number of thioether (sulfide) groups is 1. The van der Waals surface area contributed by atoms with Gasteiger partial charge in [-0.1, -0.05) is 33.1 Å². The maximum absolute atomic E-state index is 12.1. The highest BCUT2D eigenvalue weighted by atomic mass is 32.2. The fraction of sp³-hybridized carbons (Fsp3) is 0.907. The number of amides is 1. The van der Waals surface area contributed by atoms with Gasteiger partial charge in [0, 0.05) is 44.5 Å². The molecule has 16 nitrogen and oxygen atoms in total. The normalized spacial score (nSPS) is 15.8. The van der Waals surface area contributed by atoms with Gasteiger partial charge in [-0.2, -0.15) is 11.8 Å². The summed E-state index contributed by atoms with van der Waals surface area (Å²) in [6, 6.07) is 0. The molecule has 0 aliphatic carbocycles. The summed E-state index contributed by atoms with van der Waals surface area (Å²) in [5, 5.41) is 5.59. The van der Waals surface area contributed by atoms with Gasteiger partial charge in [-0.25, -0.2) is 4.79 Å². The van der Waals surface area contributed by atoms with Crippen LogP contribution in [0, 0.1) is 11.8 Å². The fourth-order valence-corrected chi connectivity index (χ4v) is 7.22. The number of carbonyl (C=O) groups is 4. The van der Waals surface area contributed by atoms with E-state index in [0.29, 0.717) is 57.3 Å². The lowest BCUT2D eigenvalue weighted by Crippen LogP contribution is -2.35. The number of carbonyl (C=O) groups excluding carboxylic acids is 4. The molecule has 0 unspecified atom stereocenters. The van der Waals surface area contributed by atoms with Crippen LogP contribution in [0.3, 0.4) is 0 Å². The monoisotopic (exact) mass is 879 g/mol. The van der Waals surface area contributed by atoms with Gasteiger partial charge in [-0.3, -0.25) is 14.4 Å². The van der Waals surface area contributed by atoms with Crippen LogP contribution in [0.4, 0.5) is 4.79 Å². The molecule has 2 aliphatic rings. The van der Waals surface area contributed by atoms with E-state index >= 15 is 0 Å². The summed E-state index contributed by atoms with van der Waals surface area (Å²) in [4.78, 5) is 50.2. The molecule has 0 atom stereocenters. The second-order valence-corrected chi connectivity index (χ2v) is 17.2. The number of hydrogen-bond donors (Lipinski definition) is 2. The van der Waals surface area contributed by atoms with E-state index in [2.05, 4.69) is 27.4 Å². The van der Waals surface area contributed by atoms with Crippen molar-refractivity contribution < 1.29 is 57.1 Å². The maximum atomic E-state index is 12.1. The summed E-state index contributed by atoms with van der Waals surface area (Å²) in [6.07, 6.45) is 9.73. The molecule has 0 aromatic rings. The molecule has 0 aromatic heterocycles. The van der Waals surface area contributed by atoms with Gasteiger partial charge < -0.3 is 58.3 Å². The smallest absolute Gasteiger partial charge is 0.407 e. The predicted molar refractivity (Wildman–Crippen MR) is 234 cm³/mol. The Morgan fingerprint density at radius 3 is 1.65 bits per heavy atom. The van der Waals surface area contributed by atoms with Gasteiger partial charge in [-0.05, 0) is 105 Å². The Labute approximate surface area is 365 Å². The number of likely N-dealkylation sites (tertiary alicyclic amines) is 2. The predicted octanol–water partition coefficient (Wildman–Crippen LogP) is 5.25. The number of esters is 3. The Kier molecular flexibility index (Phi) is 31.8. The van der Waals surface area contributed by atoms with Crippen molar-refractivity contribution in [3.63, 3.8) is 0 Å². The Balaban J connectivity index is 0.000000654. The summed E-state index contributed by atoms with van der Waals surface area (Å²) < 4.78 is 42.4. The third kappa shape index (κ3) is 31.6.